The Bertz CT molecular complexity index is 606. The van der Waals surface area contributed by atoms with Gasteiger partial charge in [-0.3, -0.25) is 0 Å². The molecule has 4 heteroatoms. The SMILES string of the molecule is CCOC(=O)C(C#N)=C1C=CN(c2ccccc2)C=C1. The highest BCUT2D eigenvalue weighted by atomic mass is 16.5. The molecule has 0 fully saturated rings. The Balaban J connectivity index is 2.22. The summed E-state index contributed by atoms with van der Waals surface area (Å²) in [6.07, 6.45) is 7.06. The molecule has 0 radical (unpaired) electrons. The number of nitriles is 1. The van der Waals surface area contributed by atoms with E-state index in [1.165, 1.54) is 0 Å². The third kappa shape index (κ3) is 2.96. The Morgan fingerprint density at radius 2 is 1.90 bits per heavy atom. The molecule has 0 N–H and O–H groups in total. The second-order valence-electron chi connectivity index (χ2n) is 4.04. The molecule has 0 aliphatic carbocycles. The molecule has 1 aliphatic rings. The maximum atomic E-state index is 11.6. The van der Waals surface area contributed by atoms with Gasteiger partial charge in [-0.2, -0.15) is 5.26 Å². The number of hydrogen-bond donors (Lipinski definition) is 0. The first-order chi connectivity index (χ1) is 9.76. The molecule has 1 heterocycles. The number of carbonyl (C=O) groups excluding carboxylic acids is 1. The van der Waals surface area contributed by atoms with Gasteiger partial charge in [0.1, 0.15) is 11.6 Å². The zero-order valence-electron chi connectivity index (χ0n) is 11.1. The molecule has 100 valence electrons. The van der Waals surface area contributed by atoms with Gasteiger partial charge in [-0.05, 0) is 31.2 Å². The quantitative estimate of drug-likeness (QED) is 0.479. The summed E-state index contributed by atoms with van der Waals surface area (Å²) in [5.74, 6) is -0.590. The predicted molar refractivity (Wildman–Crippen MR) is 76.5 cm³/mol. The first kappa shape index (κ1) is 13.6. The molecule has 1 aliphatic heterocycles. The van der Waals surface area contributed by atoms with E-state index in [4.69, 9.17) is 10.00 Å². The van der Waals surface area contributed by atoms with Crippen LogP contribution >= 0.6 is 0 Å². The van der Waals surface area contributed by atoms with Crippen molar-refractivity contribution in [2.24, 2.45) is 0 Å². The number of rotatable bonds is 3. The van der Waals surface area contributed by atoms with Crippen LogP contribution in [0.2, 0.25) is 0 Å². The van der Waals surface area contributed by atoms with Crippen molar-refractivity contribution < 1.29 is 9.53 Å². The number of benzene rings is 1. The minimum Gasteiger partial charge on any atom is -0.462 e. The Hall–Kier alpha value is -2.80. The molecule has 0 unspecified atom stereocenters. The van der Waals surface area contributed by atoms with Gasteiger partial charge in [0.05, 0.1) is 6.61 Å². The Kier molecular flexibility index (Phi) is 4.35. The highest BCUT2D eigenvalue weighted by molar-refractivity contribution is 5.95. The number of hydrogen-bond acceptors (Lipinski definition) is 4. The van der Waals surface area contributed by atoms with Crippen molar-refractivity contribution in [2.45, 2.75) is 6.92 Å². The molecule has 0 bridgehead atoms. The van der Waals surface area contributed by atoms with Gasteiger partial charge >= 0.3 is 5.97 Å². The minimum absolute atomic E-state index is 0.0204. The second kappa shape index (κ2) is 6.39. The van der Waals surface area contributed by atoms with Crippen molar-refractivity contribution in [3.05, 3.63) is 66.0 Å². The van der Waals surface area contributed by atoms with Crippen LogP contribution in [0.1, 0.15) is 6.92 Å². The smallest absolute Gasteiger partial charge is 0.349 e. The summed E-state index contributed by atoms with van der Waals surface area (Å²) in [5.41, 5.74) is 1.58. The van der Waals surface area contributed by atoms with E-state index in [0.29, 0.717) is 5.57 Å². The van der Waals surface area contributed by atoms with E-state index in [9.17, 15) is 4.79 Å². The number of nitrogens with zero attached hydrogens (tertiary/aromatic N) is 2. The first-order valence-electron chi connectivity index (χ1n) is 6.27. The molecule has 2 rings (SSSR count). The molecule has 1 aromatic carbocycles. The summed E-state index contributed by atoms with van der Waals surface area (Å²) in [7, 11) is 0. The fourth-order valence-corrected chi connectivity index (χ4v) is 1.80. The average Bonchev–Trinajstić information content (AvgIpc) is 2.50. The lowest BCUT2D eigenvalue weighted by Crippen LogP contribution is -2.12. The molecule has 0 aromatic heterocycles. The lowest BCUT2D eigenvalue weighted by Gasteiger charge is -2.19. The molecule has 0 amide bonds. The van der Waals surface area contributed by atoms with E-state index in [2.05, 4.69) is 0 Å². The number of allylic oxidation sites excluding steroid dienone is 3. The zero-order valence-corrected chi connectivity index (χ0v) is 11.1. The third-order valence-electron chi connectivity index (χ3n) is 2.76. The van der Waals surface area contributed by atoms with E-state index in [0.717, 1.165) is 5.69 Å². The topological polar surface area (TPSA) is 53.3 Å². The van der Waals surface area contributed by atoms with Gasteiger partial charge in [-0.1, -0.05) is 18.2 Å². The normalized spacial score (nSPS) is 13.0. The summed E-state index contributed by atoms with van der Waals surface area (Å²) >= 11 is 0. The van der Waals surface area contributed by atoms with Gasteiger partial charge in [-0.15, -0.1) is 0 Å². The summed E-state index contributed by atoms with van der Waals surface area (Å²) in [6.45, 7) is 1.96. The van der Waals surface area contributed by atoms with E-state index in [1.54, 1.807) is 31.5 Å². The van der Waals surface area contributed by atoms with Crippen molar-refractivity contribution >= 4 is 11.7 Å². The van der Waals surface area contributed by atoms with E-state index >= 15 is 0 Å². The van der Waals surface area contributed by atoms with Gasteiger partial charge in [0.25, 0.3) is 0 Å². The molecule has 20 heavy (non-hydrogen) atoms. The van der Waals surface area contributed by atoms with Crippen LogP contribution < -0.4 is 4.90 Å². The highest BCUT2D eigenvalue weighted by Gasteiger charge is 2.15. The van der Waals surface area contributed by atoms with Crippen molar-refractivity contribution in [1.29, 1.82) is 5.26 Å². The first-order valence-corrected chi connectivity index (χ1v) is 6.27. The summed E-state index contributed by atoms with van der Waals surface area (Å²) < 4.78 is 4.86. The van der Waals surface area contributed by atoms with Crippen LogP contribution in [-0.4, -0.2) is 12.6 Å². The van der Waals surface area contributed by atoms with Crippen molar-refractivity contribution in [3.63, 3.8) is 0 Å². The van der Waals surface area contributed by atoms with Crippen LogP contribution in [0.3, 0.4) is 0 Å². The number of ether oxygens (including phenoxy) is 1. The fourth-order valence-electron chi connectivity index (χ4n) is 1.80. The van der Waals surface area contributed by atoms with Crippen LogP contribution in [-0.2, 0) is 9.53 Å². The van der Waals surface area contributed by atoms with Gasteiger partial charge in [-0.25, -0.2) is 4.79 Å². The number of anilines is 1. The molecule has 0 saturated heterocycles. The Morgan fingerprint density at radius 3 is 2.45 bits per heavy atom. The van der Waals surface area contributed by atoms with Crippen molar-refractivity contribution in [3.8, 4) is 6.07 Å². The van der Waals surface area contributed by atoms with E-state index in [1.807, 2.05) is 41.3 Å². The predicted octanol–water partition coefficient (Wildman–Crippen LogP) is 2.92. The van der Waals surface area contributed by atoms with Gasteiger partial charge in [0.2, 0.25) is 0 Å². The number of para-hydroxylation sites is 1. The van der Waals surface area contributed by atoms with Gasteiger partial charge in [0, 0.05) is 23.7 Å². The fraction of sp³-hybridized carbons (Fsp3) is 0.125. The van der Waals surface area contributed by atoms with Crippen LogP contribution in [0.15, 0.2) is 66.0 Å². The standard InChI is InChI=1S/C16H14N2O2/c1-2-20-16(19)15(12-17)13-8-10-18(11-9-13)14-6-4-3-5-7-14/h3-11H,2H2,1H3. The molecule has 0 spiro atoms. The van der Waals surface area contributed by atoms with Crippen LogP contribution in [0.5, 0.6) is 0 Å². The van der Waals surface area contributed by atoms with Crippen LogP contribution in [0.4, 0.5) is 5.69 Å². The van der Waals surface area contributed by atoms with E-state index in [-0.39, 0.29) is 12.2 Å². The molecule has 4 nitrogen and oxygen atoms in total. The lowest BCUT2D eigenvalue weighted by molar-refractivity contribution is -0.138. The number of esters is 1. The zero-order chi connectivity index (χ0) is 14.4. The van der Waals surface area contributed by atoms with E-state index < -0.39 is 5.97 Å². The van der Waals surface area contributed by atoms with Crippen LogP contribution in [0.25, 0.3) is 0 Å². The van der Waals surface area contributed by atoms with Crippen LogP contribution in [0, 0.1) is 11.3 Å². The lowest BCUT2D eigenvalue weighted by atomic mass is 10.1. The molecular weight excluding hydrogens is 252 g/mol. The van der Waals surface area contributed by atoms with Gasteiger partial charge in [0.15, 0.2) is 0 Å². The molecule has 0 saturated carbocycles. The molecule has 1 aromatic rings. The summed E-state index contributed by atoms with van der Waals surface area (Å²) in [5, 5.41) is 9.07. The summed E-state index contributed by atoms with van der Waals surface area (Å²) in [6, 6.07) is 11.7. The minimum atomic E-state index is -0.590. The highest BCUT2D eigenvalue weighted by Crippen LogP contribution is 2.20. The largest absolute Gasteiger partial charge is 0.462 e. The maximum Gasteiger partial charge on any atom is 0.349 e. The maximum absolute atomic E-state index is 11.6. The van der Waals surface area contributed by atoms with Gasteiger partial charge < -0.3 is 9.64 Å². The van der Waals surface area contributed by atoms with Crippen molar-refractivity contribution in [1.82, 2.24) is 0 Å². The average molecular weight is 266 g/mol. The Morgan fingerprint density at radius 1 is 1.25 bits per heavy atom. The van der Waals surface area contributed by atoms with Crippen molar-refractivity contribution in [2.75, 3.05) is 11.5 Å². The monoisotopic (exact) mass is 266 g/mol. The Labute approximate surface area is 117 Å². The third-order valence-corrected chi connectivity index (χ3v) is 2.76. The number of carbonyl (C=O) groups is 1. The molecule has 0 atom stereocenters. The second-order valence-corrected chi connectivity index (χ2v) is 4.04. The molecular formula is C16H14N2O2. The summed E-state index contributed by atoms with van der Waals surface area (Å²) in [4.78, 5) is 13.5.